The maximum absolute atomic E-state index is 11.1. The van der Waals surface area contributed by atoms with Gasteiger partial charge in [-0.15, -0.1) is 0 Å². The number of nitrogens with one attached hydrogen (secondary N) is 2. The van der Waals surface area contributed by atoms with Crippen molar-refractivity contribution >= 4 is 29.4 Å². The number of ether oxygens (including phenoxy) is 1. The van der Waals surface area contributed by atoms with Crippen LogP contribution in [-0.2, 0) is 11.3 Å². The van der Waals surface area contributed by atoms with Gasteiger partial charge < -0.3 is 15.4 Å². The second-order valence-electron chi connectivity index (χ2n) is 4.65. The molecule has 1 aliphatic heterocycles. The molecular weight excluding hydrogens is 284 g/mol. The van der Waals surface area contributed by atoms with Crippen molar-refractivity contribution in [2.45, 2.75) is 13.5 Å². The smallest absolute Gasteiger partial charge is 0.237 e. The molecule has 2 N–H and O–H groups in total. The Morgan fingerprint density at radius 2 is 2.09 bits per heavy atom. The molecule has 3 rings (SSSR count). The number of hydrogen-bond acceptors (Lipinski definition) is 7. The third-order valence-corrected chi connectivity index (χ3v) is 3.00. The van der Waals surface area contributed by atoms with Crippen molar-refractivity contribution in [3.8, 4) is 5.88 Å². The molecule has 0 atom stereocenters. The van der Waals surface area contributed by atoms with Gasteiger partial charge in [0.05, 0.1) is 19.3 Å². The molecule has 3 heterocycles. The van der Waals surface area contributed by atoms with E-state index in [1.54, 1.807) is 19.4 Å². The van der Waals surface area contributed by atoms with Crippen molar-refractivity contribution in [2.24, 2.45) is 4.99 Å². The van der Waals surface area contributed by atoms with Crippen molar-refractivity contribution in [1.29, 1.82) is 0 Å². The van der Waals surface area contributed by atoms with Crippen LogP contribution in [0, 0.1) is 0 Å². The van der Waals surface area contributed by atoms with Crippen molar-refractivity contribution in [3.05, 3.63) is 29.7 Å². The molecule has 0 bridgehead atoms. The summed E-state index contributed by atoms with van der Waals surface area (Å²) in [6.45, 7) is 1.98. The van der Waals surface area contributed by atoms with Crippen LogP contribution in [0.15, 0.2) is 23.5 Å². The topological polar surface area (TPSA) is 101 Å². The number of anilines is 3. The first-order valence-corrected chi connectivity index (χ1v) is 6.60. The molecular formula is C14H14N6O2. The van der Waals surface area contributed by atoms with Crippen LogP contribution in [-0.4, -0.2) is 34.2 Å². The molecule has 8 nitrogen and oxygen atoms in total. The molecule has 1 amide bonds. The van der Waals surface area contributed by atoms with Crippen molar-refractivity contribution in [2.75, 3.05) is 17.7 Å². The number of rotatable bonds is 4. The summed E-state index contributed by atoms with van der Waals surface area (Å²) in [5.74, 6) is 1.20. The number of pyridine rings is 1. The van der Waals surface area contributed by atoms with E-state index in [9.17, 15) is 4.79 Å². The summed E-state index contributed by atoms with van der Waals surface area (Å²) >= 11 is 0. The molecule has 22 heavy (non-hydrogen) atoms. The van der Waals surface area contributed by atoms with Crippen LogP contribution in [0.3, 0.4) is 0 Å². The number of fused-ring (bicyclic) bond motifs is 1. The second kappa shape index (κ2) is 5.76. The minimum atomic E-state index is -0.197. The monoisotopic (exact) mass is 298 g/mol. The van der Waals surface area contributed by atoms with Gasteiger partial charge in [-0.3, -0.25) is 9.79 Å². The predicted octanol–water partition coefficient (Wildman–Crippen LogP) is 1.51. The summed E-state index contributed by atoms with van der Waals surface area (Å²) in [4.78, 5) is 27.8. The Bertz CT molecular complexity index is 759. The number of aromatic nitrogens is 3. The second-order valence-corrected chi connectivity index (χ2v) is 4.65. The molecule has 0 aromatic carbocycles. The lowest BCUT2D eigenvalue weighted by Crippen LogP contribution is -2.08. The Hall–Kier alpha value is -3.03. The molecule has 2 aromatic heterocycles. The Labute approximate surface area is 126 Å². The molecule has 0 unspecified atom stereocenters. The molecule has 0 radical (unpaired) electrons. The standard InChI is InChI=1S/C14H14N6O2/c1-8(21)18-12-4-13(17-7-16-12)19-10-3-9-5-15-6-11(9)20-14(10)22-2/h3-5,7H,6H2,1-2H3,(H2,16,17,18,19,21). The lowest BCUT2D eigenvalue weighted by Gasteiger charge is -2.12. The van der Waals surface area contributed by atoms with Crippen LogP contribution < -0.4 is 15.4 Å². The van der Waals surface area contributed by atoms with E-state index in [1.165, 1.54) is 13.3 Å². The minimum Gasteiger partial charge on any atom is -0.480 e. The summed E-state index contributed by atoms with van der Waals surface area (Å²) < 4.78 is 5.30. The number of methoxy groups -OCH3 is 1. The van der Waals surface area contributed by atoms with Gasteiger partial charge in [0, 0.05) is 24.8 Å². The normalized spacial score (nSPS) is 11.9. The van der Waals surface area contributed by atoms with Gasteiger partial charge in [0.1, 0.15) is 23.7 Å². The van der Waals surface area contributed by atoms with Gasteiger partial charge in [0.15, 0.2) is 0 Å². The average Bonchev–Trinajstić information content (AvgIpc) is 2.93. The highest BCUT2D eigenvalue weighted by atomic mass is 16.5. The first-order chi connectivity index (χ1) is 10.7. The Balaban J connectivity index is 1.89. The molecule has 2 aromatic rings. The molecule has 0 saturated carbocycles. The fourth-order valence-electron chi connectivity index (χ4n) is 2.07. The van der Waals surface area contributed by atoms with Crippen LogP contribution >= 0.6 is 0 Å². The van der Waals surface area contributed by atoms with Gasteiger partial charge in [-0.1, -0.05) is 0 Å². The lowest BCUT2D eigenvalue weighted by atomic mass is 10.2. The third-order valence-electron chi connectivity index (χ3n) is 3.00. The van der Waals surface area contributed by atoms with Crippen LogP contribution in [0.25, 0.3) is 0 Å². The van der Waals surface area contributed by atoms with Crippen LogP contribution in [0.4, 0.5) is 17.3 Å². The number of carbonyl (C=O) groups is 1. The number of amides is 1. The summed E-state index contributed by atoms with van der Waals surface area (Å²) in [5.41, 5.74) is 2.49. The minimum absolute atomic E-state index is 0.197. The highest BCUT2D eigenvalue weighted by Crippen LogP contribution is 2.29. The SMILES string of the molecule is COc1nc2c(cc1Nc1cc(NC(C)=O)ncn1)C=NC2. The van der Waals surface area contributed by atoms with E-state index >= 15 is 0 Å². The molecule has 0 aliphatic carbocycles. The zero-order chi connectivity index (χ0) is 15.5. The molecule has 0 spiro atoms. The quantitative estimate of drug-likeness (QED) is 0.887. The lowest BCUT2D eigenvalue weighted by molar-refractivity contribution is -0.114. The molecule has 0 saturated heterocycles. The van der Waals surface area contributed by atoms with Gasteiger partial charge in [0.25, 0.3) is 0 Å². The van der Waals surface area contributed by atoms with Gasteiger partial charge in [-0.2, -0.15) is 0 Å². The Morgan fingerprint density at radius 1 is 1.27 bits per heavy atom. The van der Waals surface area contributed by atoms with E-state index in [0.717, 1.165) is 11.3 Å². The fraction of sp³-hybridized carbons (Fsp3) is 0.214. The largest absolute Gasteiger partial charge is 0.480 e. The zero-order valence-electron chi connectivity index (χ0n) is 12.1. The predicted molar refractivity (Wildman–Crippen MR) is 81.7 cm³/mol. The van der Waals surface area contributed by atoms with Gasteiger partial charge in [-0.05, 0) is 6.07 Å². The summed E-state index contributed by atoms with van der Waals surface area (Å²) in [6, 6.07) is 3.53. The summed E-state index contributed by atoms with van der Waals surface area (Å²) in [7, 11) is 1.55. The van der Waals surface area contributed by atoms with Crippen LogP contribution in [0.2, 0.25) is 0 Å². The number of carbonyl (C=O) groups excluding carboxylic acids is 1. The molecule has 8 heteroatoms. The fourth-order valence-corrected chi connectivity index (χ4v) is 2.07. The van der Waals surface area contributed by atoms with E-state index in [-0.39, 0.29) is 5.91 Å². The summed E-state index contributed by atoms with van der Waals surface area (Å²) in [6.07, 6.45) is 3.14. The van der Waals surface area contributed by atoms with E-state index < -0.39 is 0 Å². The van der Waals surface area contributed by atoms with E-state index in [0.29, 0.717) is 29.7 Å². The van der Waals surface area contributed by atoms with E-state index in [4.69, 9.17) is 4.74 Å². The highest BCUT2D eigenvalue weighted by Gasteiger charge is 2.15. The van der Waals surface area contributed by atoms with Gasteiger partial charge >= 0.3 is 0 Å². The van der Waals surface area contributed by atoms with Crippen LogP contribution in [0.1, 0.15) is 18.2 Å². The van der Waals surface area contributed by atoms with E-state index in [1.807, 2.05) is 6.07 Å². The van der Waals surface area contributed by atoms with Crippen molar-refractivity contribution in [1.82, 2.24) is 15.0 Å². The van der Waals surface area contributed by atoms with Crippen molar-refractivity contribution < 1.29 is 9.53 Å². The Kier molecular flexibility index (Phi) is 3.65. The average molecular weight is 298 g/mol. The molecule has 1 aliphatic rings. The highest BCUT2D eigenvalue weighted by molar-refractivity contribution is 5.88. The third kappa shape index (κ3) is 2.85. The summed E-state index contributed by atoms with van der Waals surface area (Å²) in [5, 5.41) is 5.72. The van der Waals surface area contributed by atoms with Gasteiger partial charge in [0.2, 0.25) is 11.8 Å². The number of nitrogens with zero attached hydrogens (tertiary/aromatic N) is 4. The Morgan fingerprint density at radius 3 is 2.86 bits per heavy atom. The van der Waals surface area contributed by atoms with Gasteiger partial charge in [-0.25, -0.2) is 15.0 Å². The molecule has 0 fully saturated rings. The zero-order valence-corrected chi connectivity index (χ0v) is 12.1. The molecule has 112 valence electrons. The van der Waals surface area contributed by atoms with Crippen LogP contribution in [0.5, 0.6) is 5.88 Å². The first kappa shape index (κ1) is 13.9. The van der Waals surface area contributed by atoms with E-state index in [2.05, 4.69) is 30.6 Å². The van der Waals surface area contributed by atoms with Crippen molar-refractivity contribution in [3.63, 3.8) is 0 Å². The first-order valence-electron chi connectivity index (χ1n) is 6.60. The number of aliphatic imine (C=N–C) groups is 1. The maximum Gasteiger partial charge on any atom is 0.237 e. The maximum atomic E-state index is 11.1. The number of hydrogen-bond donors (Lipinski definition) is 2.